The molecular formula is C60H42N2S. The summed E-state index contributed by atoms with van der Waals surface area (Å²) in [6, 6.07) is 85.0. The van der Waals surface area contributed by atoms with Crippen LogP contribution in [0.25, 0.3) is 53.2 Å². The summed E-state index contributed by atoms with van der Waals surface area (Å²) < 4.78 is 2.61. The first kappa shape index (κ1) is 37.1. The van der Waals surface area contributed by atoms with Crippen molar-refractivity contribution >= 4 is 76.4 Å². The lowest BCUT2D eigenvalue weighted by molar-refractivity contribution is 1.13. The van der Waals surface area contributed by atoms with Crippen LogP contribution in [0, 0.1) is 0 Å². The van der Waals surface area contributed by atoms with E-state index in [-0.39, 0.29) is 0 Å². The van der Waals surface area contributed by atoms with E-state index < -0.39 is 0 Å². The van der Waals surface area contributed by atoms with Crippen molar-refractivity contribution in [2.24, 2.45) is 0 Å². The van der Waals surface area contributed by atoms with E-state index in [1.807, 2.05) is 11.3 Å². The summed E-state index contributed by atoms with van der Waals surface area (Å²) in [5.74, 6) is 0. The zero-order valence-corrected chi connectivity index (χ0v) is 35.5. The van der Waals surface area contributed by atoms with Gasteiger partial charge in [-0.05, 0) is 141 Å². The molecule has 0 amide bonds. The largest absolute Gasteiger partial charge is 0.310 e. The topological polar surface area (TPSA) is 6.48 Å². The summed E-state index contributed by atoms with van der Waals surface area (Å²) in [6.07, 6.45) is 1.52. The molecule has 10 aromatic carbocycles. The normalized spacial score (nSPS) is 12.0. The van der Waals surface area contributed by atoms with Crippen molar-refractivity contribution in [3.8, 4) is 22.3 Å². The first-order valence-electron chi connectivity index (χ1n) is 21.8. The van der Waals surface area contributed by atoms with E-state index in [0.717, 1.165) is 41.3 Å². The van der Waals surface area contributed by atoms with E-state index in [1.165, 1.54) is 81.1 Å². The summed E-state index contributed by atoms with van der Waals surface area (Å²) in [5, 5.41) is 5.08. The molecule has 0 atom stereocenters. The molecule has 0 saturated carbocycles. The van der Waals surface area contributed by atoms with Crippen molar-refractivity contribution in [2.75, 3.05) is 9.80 Å². The molecule has 0 N–H and O–H groups in total. The molecule has 0 saturated heterocycles. The minimum absolute atomic E-state index is 0.734. The second kappa shape index (κ2) is 15.6. The first-order chi connectivity index (χ1) is 31.2. The van der Waals surface area contributed by atoms with Gasteiger partial charge in [0, 0.05) is 55.0 Å². The number of hydrogen-bond acceptors (Lipinski definition) is 3. The summed E-state index contributed by atoms with van der Waals surface area (Å²) in [4.78, 5) is 4.89. The van der Waals surface area contributed by atoms with Gasteiger partial charge in [-0.1, -0.05) is 152 Å². The van der Waals surface area contributed by atoms with E-state index in [0.29, 0.717) is 0 Å². The fraction of sp³-hybridized carbons (Fsp3) is 0.0333. The van der Waals surface area contributed by atoms with Gasteiger partial charge >= 0.3 is 0 Å². The van der Waals surface area contributed by atoms with E-state index >= 15 is 0 Å². The predicted octanol–water partition coefficient (Wildman–Crippen LogP) is 17.0. The Morgan fingerprint density at radius 2 is 0.841 bits per heavy atom. The summed E-state index contributed by atoms with van der Waals surface area (Å²) >= 11 is 1.87. The van der Waals surface area contributed by atoms with Gasteiger partial charge in [-0.25, -0.2) is 0 Å². The van der Waals surface area contributed by atoms with Crippen LogP contribution in [0.1, 0.15) is 22.3 Å². The van der Waals surface area contributed by atoms with Crippen molar-refractivity contribution in [3.05, 3.63) is 253 Å². The summed E-state index contributed by atoms with van der Waals surface area (Å²) in [6.45, 7) is 0. The van der Waals surface area contributed by atoms with Gasteiger partial charge in [0.05, 0.1) is 5.69 Å². The van der Waals surface area contributed by atoms with Gasteiger partial charge in [0.25, 0.3) is 0 Å². The number of rotatable bonds is 6. The van der Waals surface area contributed by atoms with Crippen LogP contribution in [-0.4, -0.2) is 0 Å². The molecule has 3 heteroatoms. The Balaban J connectivity index is 1.13. The molecule has 2 nitrogen and oxygen atoms in total. The molecule has 0 unspecified atom stereocenters. The smallest absolute Gasteiger partial charge is 0.0509 e. The zero-order chi connectivity index (χ0) is 41.7. The Kier molecular flexibility index (Phi) is 9.20. The number of hydrogen-bond donors (Lipinski definition) is 0. The van der Waals surface area contributed by atoms with Crippen LogP contribution in [0.15, 0.2) is 231 Å². The highest BCUT2D eigenvalue weighted by atomic mass is 32.1. The molecule has 1 aliphatic carbocycles. The molecule has 11 aromatic rings. The maximum atomic E-state index is 2.51. The van der Waals surface area contributed by atoms with Crippen LogP contribution >= 0.6 is 11.3 Å². The van der Waals surface area contributed by atoms with Gasteiger partial charge in [-0.2, -0.15) is 0 Å². The maximum Gasteiger partial charge on any atom is 0.0509 e. The molecule has 63 heavy (non-hydrogen) atoms. The second-order valence-electron chi connectivity index (χ2n) is 16.4. The molecule has 1 aromatic heterocycles. The number of anilines is 6. The van der Waals surface area contributed by atoms with E-state index in [4.69, 9.17) is 0 Å². The maximum absolute atomic E-state index is 2.51. The van der Waals surface area contributed by atoms with Crippen LogP contribution in [0.2, 0.25) is 0 Å². The molecule has 0 spiro atoms. The van der Waals surface area contributed by atoms with Gasteiger partial charge < -0.3 is 9.80 Å². The molecule has 1 aliphatic rings. The van der Waals surface area contributed by atoms with Gasteiger partial charge in [0.15, 0.2) is 0 Å². The van der Waals surface area contributed by atoms with Crippen molar-refractivity contribution in [2.45, 2.75) is 12.8 Å². The Bertz CT molecular complexity index is 3420. The minimum Gasteiger partial charge on any atom is -0.310 e. The lowest BCUT2D eigenvalue weighted by atomic mass is 9.81. The highest BCUT2D eigenvalue weighted by Crippen LogP contribution is 2.49. The highest BCUT2D eigenvalue weighted by Gasteiger charge is 2.27. The summed E-state index contributed by atoms with van der Waals surface area (Å²) in [7, 11) is 0. The lowest BCUT2D eigenvalue weighted by Gasteiger charge is -2.31. The molecular weight excluding hydrogens is 781 g/mol. The number of para-hydroxylation sites is 3. The Hall–Kier alpha value is -7.72. The Labute approximate surface area is 372 Å². The van der Waals surface area contributed by atoms with Crippen molar-refractivity contribution < 1.29 is 0 Å². The third-order valence-corrected chi connectivity index (χ3v) is 13.9. The quantitative estimate of drug-likeness (QED) is 0.165. The van der Waals surface area contributed by atoms with Crippen molar-refractivity contribution in [3.63, 3.8) is 0 Å². The Morgan fingerprint density at radius 3 is 1.57 bits per heavy atom. The fourth-order valence-electron chi connectivity index (χ4n) is 9.88. The van der Waals surface area contributed by atoms with Crippen LogP contribution in [0.3, 0.4) is 0 Å². The average molecular weight is 823 g/mol. The SMILES string of the molecule is c1ccc(N(c2ccccc2)c2ccc3c(c2)-c2ccccc2Cc2c(N(c4ccccc4)c4ccc5sc6ccccc6c5c4)cc4ccccc4c2-c2ccccc2C3)cc1. The molecule has 0 bridgehead atoms. The molecule has 0 aliphatic heterocycles. The number of nitrogens with zero attached hydrogens (tertiary/aromatic N) is 2. The Morgan fingerprint density at radius 1 is 0.317 bits per heavy atom. The number of benzene rings is 10. The minimum atomic E-state index is 0.734. The second-order valence-corrected chi connectivity index (χ2v) is 17.5. The van der Waals surface area contributed by atoms with Gasteiger partial charge in [-0.15, -0.1) is 11.3 Å². The molecule has 0 radical (unpaired) electrons. The van der Waals surface area contributed by atoms with Crippen molar-refractivity contribution in [1.82, 2.24) is 0 Å². The lowest BCUT2D eigenvalue weighted by Crippen LogP contribution is -2.14. The van der Waals surface area contributed by atoms with E-state index in [9.17, 15) is 0 Å². The van der Waals surface area contributed by atoms with E-state index in [1.54, 1.807) is 0 Å². The molecule has 0 fully saturated rings. The van der Waals surface area contributed by atoms with Crippen LogP contribution in [0.5, 0.6) is 0 Å². The predicted molar refractivity (Wildman–Crippen MR) is 269 cm³/mol. The van der Waals surface area contributed by atoms with Crippen molar-refractivity contribution in [1.29, 1.82) is 0 Å². The zero-order valence-electron chi connectivity index (χ0n) is 34.7. The highest BCUT2D eigenvalue weighted by molar-refractivity contribution is 7.25. The third kappa shape index (κ3) is 6.57. The number of fused-ring (bicyclic) bond motifs is 11. The first-order valence-corrected chi connectivity index (χ1v) is 22.6. The van der Waals surface area contributed by atoms with Gasteiger partial charge in [0.2, 0.25) is 0 Å². The van der Waals surface area contributed by atoms with Crippen LogP contribution in [-0.2, 0) is 12.8 Å². The third-order valence-electron chi connectivity index (χ3n) is 12.7. The monoisotopic (exact) mass is 822 g/mol. The van der Waals surface area contributed by atoms with Gasteiger partial charge in [-0.3, -0.25) is 0 Å². The molecule has 1 heterocycles. The number of thiophene rings is 1. The molecule has 12 rings (SSSR count). The van der Waals surface area contributed by atoms with E-state index in [2.05, 4.69) is 240 Å². The molecule has 298 valence electrons. The van der Waals surface area contributed by atoms with Crippen LogP contribution < -0.4 is 9.80 Å². The van der Waals surface area contributed by atoms with Gasteiger partial charge in [0.1, 0.15) is 0 Å². The fourth-order valence-corrected chi connectivity index (χ4v) is 11.0. The standard InChI is InChI=1S/C60H42N2S/c1-4-21-45(22-5-1)61(46-23-6-2-7-24-46)48-33-32-44-36-41-18-11-14-28-51(41)60-52-29-15-12-20-43(52)38-57(56(60)37-42-19-10-13-27-50(42)54(44)39-48)62(47-25-8-3-9-26-47)49-34-35-59-55(40-49)53-30-16-17-31-58(53)63-59/h1-35,38-40H,36-37H2. The average Bonchev–Trinajstić information content (AvgIpc) is 3.72. The summed E-state index contributed by atoms with van der Waals surface area (Å²) in [5.41, 5.74) is 17.2. The van der Waals surface area contributed by atoms with Crippen LogP contribution in [0.4, 0.5) is 34.1 Å².